The molecule has 0 aromatic carbocycles. The number of aryl methyl sites for hydroxylation is 2. The van der Waals surface area contributed by atoms with Gasteiger partial charge < -0.3 is 15.8 Å². The van der Waals surface area contributed by atoms with Gasteiger partial charge in [0.25, 0.3) is 0 Å². The van der Waals surface area contributed by atoms with Crippen molar-refractivity contribution in [1.82, 2.24) is 15.1 Å². The summed E-state index contributed by atoms with van der Waals surface area (Å²) in [5, 5.41) is 7.71. The normalized spacial score (nSPS) is 10.8. The Morgan fingerprint density at radius 1 is 1.44 bits per heavy atom. The van der Waals surface area contributed by atoms with Crippen LogP contribution in [0, 0.1) is 6.92 Å². The molecule has 0 aliphatic heterocycles. The first kappa shape index (κ1) is 13.0. The molecule has 1 aromatic rings. The summed E-state index contributed by atoms with van der Waals surface area (Å²) >= 11 is 0. The summed E-state index contributed by atoms with van der Waals surface area (Å²) in [6.07, 6.45) is 2.17. The zero-order valence-electron chi connectivity index (χ0n) is 10.4. The van der Waals surface area contributed by atoms with Crippen LogP contribution in [0.3, 0.4) is 0 Å². The van der Waals surface area contributed by atoms with E-state index in [-0.39, 0.29) is 0 Å². The fraction of sp³-hybridized carbons (Fsp3) is 0.727. The number of aromatic nitrogens is 2. The van der Waals surface area contributed by atoms with E-state index in [4.69, 9.17) is 10.5 Å². The van der Waals surface area contributed by atoms with E-state index in [9.17, 15) is 0 Å². The van der Waals surface area contributed by atoms with Crippen molar-refractivity contribution in [2.24, 2.45) is 12.8 Å². The summed E-state index contributed by atoms with van der Waals surface area (Å²) in [4.78, 5) is 0. The zero-order chi connectivity index (χ0) is 12.0. The highest BCUT2D eigenvalue weighted by Gasteiger charge is 2.12. The molecular weight excluding hydrogens is 204 g/mol. The van der Waals surface area contributed by atoms with Crippen molar-refractivity contribution in [3.8, 4) is 5.88 Å². The zero-order valence-corrected chi connectivity index (χ0v) is 10.4. The summed E-state index contributed by atoms with van der Waals surface area (Å²) < 4.78 is 7.09. The third-order valence-electron chi connectivity index (χ3n) is 2.59. The van der Waals surface area contributed by atoms with Gasteiger partial charge in [-0.05, 0) is 32.9 Å². The van der Waals surface area contributed by atoms with Gasteiger partial charge in [0.1, 0.15) is 0 Å². The van der Waals surface area contributed by atoms with Crippen molar-refractivity contribution in [3.63, 3.8) is 0 Å². The van der Waals surface area contributed by atoms with Crippen molar-refractivity contribution >= 4 is 0 Å². The van der Waals surface area contributed by atoms with Gasteiger partial charge in [0, 0.05) is 13.6 Å². The molecule has 1 heterocycles. The monoisotopic (exact) mass is 226 g/mol. The van der Waals surface area contributed by atoms with Gasteiger partial charge in [-0.1, -0.05) is 0 Å². The molecule has 0 amide bonds. The topological polar surface area (TPSA) is 65.1 Å². The summed E-state index contributed by atoms with van der Waals surface area (Å²) in [5.74, 6) is 0.837. The van der Waals surface area contributed by atoms with Crippen LogP contribution in [0.15, 0.2) is 0 Å². The van der Waals surface area contributed by atoms with Gasteiger partial charge in [0.05, 0.1) is 18.4 Å². The molecule has 0 saturated heterocycles. The third-order valence-corrected chi connectivity index (χ3v) is 2.59. The maximum Gasteiger partial charge on any atom is 0.216 e. The minimum absolute atomic E-state index is 0.761. The second-order valence-electron chi connectivity index (χ2n) is 3.87. The lowest BCUT2D eigenvalue weighted by atomic mass is 10.2. The second-order valence-corrected chi connectivity index (χ2v) is 3.87. The number of methoxy groups -OCH3 is 1. The van der Waals surface area contributed by atoms with Crippen LogP contribution in [0.4, 0.5) is 0 Å². The Morgan fingerprint density at radius 2 is 2.19 bits per heavy atom. The minimum atomic E-state index is 0.761. The summed E-state index contributed by atoms with van der Waals surface area (Å²) in [5.41, 5.74) is 7.59. The minimum Gasteiger partial charge on any atom is -0.481 e. The lowest BCUT2D eigenvalue weighted by Crippen LogP contribution is -2.16. The van der Waals surface area contributed by atoms with Crippen molar-refractivity contribution < 1.29 is 4.74 Å². The number of nitrogens with zero attached hydrogens (tertiary/aromatic N) is 2. The highest BCUT2D eigenvalue weighted by atomic mass is 16.5. The Balaban J connectivity index is 2.46. The highest BCUT2D eigenvalue weighted by Crippen LogP contribution is 2.20. The lowest BCUT2D eigenvalue weighted by molar-refractivity contribution is 0.368. The number of ether oxygens (including phenoxy) is 1. The van der Waals surface area contributed by atoms with E-state index in [2.05, 4.69) is 10.4 Å². The highest BCUT2D eigenvalue weighted by molar-refractivity contribution is 5.30. The molecule has 0 fully saturated rings. The molecule has 0 bridgehead atoms. The van der Waals surface area contributed by atoms with E-state index in [0.29, 0.717) is 0 Å². The quantitative estimate of drug-likeness (QED) is 0.667. The van der Waals surface area contributed by atoms with Crippen molar-refractivity contribution in [3.05, 3.63) is 11.3 Å². The molecule has 0 spiro atoms. The molecule has 92 valence electrons. The second kappa shape index (κ2) is 6.50. The van der Waals surface area contributed by atoms with Crippen LogP contribution in [-0.4, -0.2) is 30.0 Å². The Labute approximate surface area is 97.0 Å². The summed E-state index contributed by atoms with van der Waals surface area (Å²) in [6, 6.07) is 0. The van der Waals surface area contributed by atoms with Gasteiger partial charge in [-0.2, -0.15) is 5.10 Å². The molecule has 1 aromatic heterocycles. The molecule has 3 N–H and O–H groups in total. The number of unbranched alkanes of at least 4 members (excludes halogenated alkanes) is 1. The Hall–Kier alpha value is -1.07. The van der Waals surface area contributed by atoms with Crippen LogP contribution in [-0.2, 0) is 13.6 Å². The van der Waals surface area contributed by atoms with E-state index in [0.717, 1.165) is 49.6 Å². The van der Waals surface area contributed by atoms with Crippen LogP contribution in [0.2, 0.25) is 0 Å². The number of nitrogens with two attached hydrogens (primary N) is 1. The van der Waals surface area contributed by atoms with Crippen molar-refractivity contribution in [1.29, 1.82) is 0 Å². The molecule has 0 aliphatic rings. The van der Waals surface area contributed by atoms with E-state index in [1.165, 1.54) is 0 Å². The maximum absolute atomic E-state index is 5.43. The molecule has 0 unspecified atom stereocenters. The van der Waals surface area contributed by atoms with Gasteiger partial charge in [0.15, 0.2) is 0 Å². The van der Waals surface area contributed by atoms with Crippen LogP contribution >= 0.6 is 0 Å². The third kappa shape index (κ3) is 3.21. The molecule has 0 saturated carbocycles. The van der Waals surface area contributed by atoms with E-state index in [1.807, 2.05) is 14.0 Å². The van der Waals surface area contributed by atoms with Crippen LogP contribution in [0.5, 0.6) is 5.88 Å². The lowest BCUT2D eigenvalue weighted by Gasteiger charge is -2.06. The molecule has 0 aliphatic carbocycles. The number of nitrogens with one attached hydrogen (secondary N) is 1. The molecule has 16 heavy (non-hydrogen) atoms. The van der Waals surface area contributed by atoms with Gasteiger partial charge in [-0.3, -0.25) is 0 Å². The first-order valence-electron chi connectivity index (χ1n) is 5.68. The van der Waals surface area contributed by atoms with Gasteiger partial charge in [0.2, 0.25) is 5.88 Å². The summed E-state index contributed by atoms with van der Waals surface area (Å²) in [6.45, 7) is 4.54. The van der Waals surface area contributed by atoms with Crippen molar-refractivity contribution in [2.75, 3.05) is 20.2 Å². The average Bonchev–Trinajstić information content (AvgIpc) is 2.53. The van der Waals surface area contributed by atoms with Gasteiger partial charge in [-0.25, -0.2) is 4.68 Å². The van der Waals surface area contributed by atoms with E-state index >= 15 is 0 Å². The number of hydrogen-bond donors (Lipinski definition) is 2. The predicted molar refractivity (Wildman–Crippen MR) is 64.5 cm³/mol. The predicted octanol–water partition coefficient (Wildman–Crippen LogP) is 0.566. The molecule has 5 heteroatoms. The average molecular weight is 226 g/mol. The van der Waals surface area contributed by atoms with E-state index < -0.39 is 0 Å². The smallest absolute Gasteiger partial charge is 0.216 e. The molecule has 5 nitrogen and oxygen atoms in total. The molecule has 1 rings (SSSR count). The van der Waals surface area contributed by atoms with Crippen LogP contribution in [0.1, 0.15) is 24.1 Å². The first-order chi connectivity index (χ1) is 7.70. The molecular formula is C11H22N4O. The fourth-order valence-electron chi connectivity index (χ4n) is 1.75. The largest absolute Gasteiger partial charge is 0.481 e. The Morgan fingerprint density at radius 3 is 2.81 bits per heavy atom. The maximum atomic E-state index is 5.43. The first-order valence-corrected chi connectivity index (χ1v) is 5.68. The Kier molecular flexibility index (Phi) is 5.28. The number of hydrogen-bond acceptors (Lipinski definition) is 4. The van der Waals surface area contributed by atoms with Crippen LogP contribution in [0.25, 0.3) is 0 Å². The Bertz CT molecular complexity index is 322. The molecule has 0 atom stereocenters. The van der Waals surface area contributed by atoms with Gasteiger partial charge in [-0.15, -0.1) is 0 Å². The van der Waals surface area contributed by atoms with Crippen LogP contribution < -0.4 is 15.8 Å². The number of rotatable bonds is 7. The standard InChI is InChI=1S/C11H22N4O/c1-9-10(8-13-7-5-4-6-12)11(16-3)15(2)14-9/h13H,4-8,12H2,1-3H3. The van der Waals surface area contributed by atoms with Crippen molar-refractivity contribution in [2.45, 2.75) is 26.3 Å². The fourth-order valence-corrected chi connectivity index (χ4v) is 1.75. The summed E-state index contributed by atoms with van der Waals surface area (Å²) in [7, 11) is 3.57. The van der Waals surface area contributed by atoms with Gasteiger partial charge >= 0.3 is 0 Å². The SMILES string of the molecule is COc1c(CNCCCCN)c(C)nn1C. The molecule has 0 radical (unpaired) electrons. The van der Waals surface area contributed by atoms with E-state index in [1.54, 1.807) is 11.8 Å².